The van der Waals surface area contributed by atoms with Gasteiger partial charge >= 0.3 is 6.16 Å². The summed E-state index contributed by atoms with van der Waals surface area (Å²) in [6.45, 7) is 7.54. The molecule has 0 saturated carbocycles. The summed E-state index contributed by atoms with van der Waals surface area (Å²) in [6.07, 6.45) is -1.55. The Hall–Kier alpha value is -1.69. The van der Waals surface area contributed by atoms with Gasteiger partial charge in [-0.15, -0.1) is 4.39 Å². The quantitative estimate of drug-likeness (QED) is 0.386. The topological polar surface area (TPSA) is 41.6 Å². The second-order valence-electron chi connectivity index (χ2n) is 3.79. The second-order valence-corrected chi connectivity index (χ2v) is 4.73. The van der Waals surface area contributed by atoms with Crippen molar-refractivity contribution in [2.24, 2.45) is 0 Å². The SMILES string of the molecule is C=C(NSN(C)C(=O)F)Oc1cc(C)cc(C)c1. The number of rotatable bonds is 5. The zero-order valence-electron chi connectivity index (χ0n) is 10.5. The minimum Gasteiger partial charge on any atom is -0.441 e. The average Bonchev–Trinajstić information content (AvgIpc) is 2.24. The summed E-state index contributed by atoms with van der Waals surface area (Å²) in [5.74, 6) is 0.859. The van der Waals surface area contributed by atoms with E-state index >= 15 is 0 Å². The highest BCUT2D eigenvalue weighted by atomic mass is 32.2. The zero-order valence-corrected chi connectivity index (χ0v) is 11.3. The number of aryl methyl sites for hydroxylation is 2. The molecule has 0 aliphatic rings. The van der Waals surface area contributed by atoms with Gasteiger partial charge in [-0.3, -0.25) is 4.72 Å². The molecule has 4 nitrogen and oxygen atoms in total. The number of ether oxygens (including phenoxy) is 1. The Morgan fingerprint density at radius 2 is 1.94 bits per heavy atom. The monoisotopic (exact) mass is 270 g/mol. The number of amides is 1. The number of nitrogens with one attached hydrogen (secondary N) is 1. The molecule has 98 valence electrons. The molecule has 0 aromatic heterocycles. The molecule has 0 saturated heterocycles. The number of carbonyl (C=O) groups excluding carboxylic acids is 1. The molecule has 0 aliphatic heterocycles. The number of hydrogen-bond acceptors (Lipinski definition) is 4. The first kappa shape index (κ1) is 14.4. The fourth-order valence-corrected chi connectivity index (χ4v) is 1.66. The molecule has 0 unspecified atom stereocenters. The van der Waals surface area contributed by atoms with Crippen LogP contribution >= 0.6 is 12.1 Å². The van der Waals surface area contributed by atoms with E-state index in [0.717, 1.165) is 27.6 Å². The minimum absolute atomic E-state index is 0.220. The molecule has 1 aromatic rings. The van der Waals surface area contributed by atoms with E-state index in [9.17, 15) is 9.18 Å². The Balaban J connectivity index is 2.52. The van der Waals surface area contributed by atoms with Gasteiger partial charge < -0.3 is 4.74 Å². The van der Waals surface area contributed by atoms with Crippen LogP contribution in [0.25, 0.3) is 0 Å². The number of halogens is 1. The van der Waals surface area contributed by atoms with E-state index in [1.807, 2.05) is 32.0 Å². The van der Waals surface area contributed by atoms with Crippen LogP contribution in [-0.4, -0.2) is 17.5 Å². The third-order valence-corrected chi connectivity index (χ3v) is 2.72. The lowest BCUT2D eigenvalue weighted by molar-refractivity contribution is 0.209. The third-order valence-electron chi connectivity index (χ3n) is 1.98. The summed E-state index contributed by atoms with van der Waals surface area (Å²) in [4.78, 5) is 10.3. The molecule has 0 radical (unpaired) electrons. The molecule has 6 heteroatoms. The second kappa shape index (κ2) is 6.30. The van der Waals surface area contributed by atoms with Crippen molar-refractivity contribution in [2.45, 2.75) is 13.8 Å². The number of carbonyl (C=O) groups is 1. The highest BCUT2D eigenvalue weighted by molar-refractivity contribution is 7.95. The summed E-state index contributed by atoms with van der Waals surface area (Å²) in [5, 5.41) is 0. The van der Waals surface area contributed by atoms with Crippen LogP contribution in [-0.2, 0) is 0 Å². The molecule has 0 atom stereocenters. The van der Waals surface area contributed by atoms with Crippen molar-refractivity contribution < 1.29 is 13.9 Å². The van der Waals surface area contributed by atoms with Crippen LogP contribution in [0.15, 0.2) is 30.7 Å². The molecule has 18 heavy (non-hydrogen) atoms. The van der Waals surface area contributed by atoms with E-state index in [-0.39, 0.29) is 5.88 Å². The smallest absolute Gasteiger partial charge is 0.411 e. The van der Waals surface area contributed by atoms with E-state index < -0.39 is 6.16 Å². The summed E-state index contributed by atoms with van der Waals surface area (Å²) in [7, 11) is 1.30. The Kier molecular flexibility index (Phi) is 5.03. The van der Waals surface area contributed by atoms with Crippen molar-refractivity contribution >= 4 is 18.3 Å². The summed E-state index contributed by atoms with van der Waals surface area (Å²) >= 11 is 0.754. The number of hydrogen-bond donors (Lipinski definition) is 1. The first-order valence-corrected chi connectivity index (χ1v) is 5.97. The van der Waals surface area contributed by atoms with Crippen LogP contribution < -0.4 is 9.46 Å². The van der Waals surface area contributed by atoms with E-state index in [2.05, 4.69) is 11.3 Å². The maximum absolute atomic E-state index is 12.2. The molecular weight excluding hydrogens is 255 g/mol. The van der Waals surface area contributed by atoms with Gasteiger partial charge in [0.15, 0.2) is 5.88 Å². The van der Waals surface area contributed by atoms with Crippen LogP contribution in [0.5, 0.6) is 5.75 Å². The Bertz CT molecular complexity index is 445. The predicted octanol–water partition coefficient (Wildman–Crippen LogP) is 3.33. The highest BCUT2D eigenvalue weighted by Gasteiger charge is 2.08. The van der Waals surface area contributed by atoms with Gasteiger partial charge in [0.1, 0.15) is 5.75 Å². The number of benzene rings is 1. The molecule has 0 bridgehead atoms. The molecule has 1 N–H and O–H groups in total. The molecule has 0 heterocycles. The molecule has 0 spiro atoms. The fraction of sp³-hybridized carbons (Fsp3) is 0.250. The van der Waals surface area contributed by atoms with Crippen LogP contribution in [0, 0.1) is 13.8 Å². The Labute approximate surface area is 110 Å². The van der Waals surface area contributed by atoms with Crippen molar-refractivity contribution in [2.75, 3.05) is 7.05 Å². The summed E-state index contributed by atoms with van der Waals surface area (Å²) < 4.78 is 21.1. The predicted molar refractivity (Wildman–Crippen MR) is 70.7 cm³/mol. The summed E-state index contributed by atoms with van der Waals surface area (Å²) in [5.41, 5.74) is 2.14. The van der Waals surface area contributed by atoms with E-state index in [1.54, 1.807) is 0 Å². The van der Waals surface area contributed by atoms with Crippen molar-refractivity contribution in [1.29, 1.82) is 0 Å². The van der Waals surface area contributed by atoms with Gasteiger partial charge in [-0.25, -0.2) is 9.10 Å². The first-order valence-electron chi connectivity index (χ1n) is 5.19. The first-order chi connectivity index (χ1) is 8.38. The maximum atomic E-state index is 12.2. The lowest BCUT2D eigenvalue weighted by atomic mass is 10.1. The maximum Gasteiger partial charge on any atom is 0.411 e. The summed E-state index contributed by atoms with van der Waals surface area (Å²) in [6, 6.07) is 5.73. The van der Waals surface area contributed by atoms with Crippen molar-refractivity contribution in [1.82, 2.24) is 9.03 Å². The van der Waals surface area contributed by atoms with Gasteiger partial charge in [0.2, 0.25) is 0 Å². The van der Waals surface area contributed by atoms with Gasteiger partial charge in [0.05, 0.1) is 12.1 Å². The fourth-order valence-electron chi connectivity index (χ4n) is 1.31. The van der Waals surface area contributed by atoms with Gasteiger partial charge in [-0.2, -0.15) is 0 Å². The van der Waals surface area contributed by atoms with Crippen molar-refractivity contribution in [3.8, 4) is 5.75 Å². The zero-order chi connectivity index (χ0) is 13.7. The Morgan fingerprint density at radius 1 is 1.39 bits per heavy atom. The average molecular weight is 270 g/mol. The van der Waals surface area contributed by atoms with Crippen molar-refractivity contribution in [3.05, 3.63) is 41.8 Å². The minimum atomic E-state index is -1.55. The van der Waals surface area contributed by atoms with Gasteiger partial charge in [-0.05, 0) is 43.7 Å². The van der Waals surface area contributed by atoms with Crippen molar-refractivity contribution in [3.63, 3.8) is 0 Å². The number of nitrogens with zero attached hydrogens (tertiary/aromatic N) is 1. The largest absolute Gasteiger partial charge is 0.441 e. The van der Waals surface area contributed by atoms with Gasteiger partial charge in [0, 0.05) is 7.05 Å². The van der Waals surface area contributed by atoms with Crippen LogP contribution in [0.3, 0.4) is 0 Å². The van der Waals surface area contributed by atoms with Gasteiger partial charge in [-0.1, -0.05) is 6.07 Å². The third kappa shape index (κ3) is 4.67. The molecular formula is C12H15FN2O2S. The van der Waals surface area contributed by atoms with Crippen LogP contribution in [0.4, 0.5) is 9.18 Å². The van der Waals surface area contributed by atoms with Crippen LogP contribution in [0.1, 0.15) is 11.1 Å². The Morgan fingerprint density at radius 3 is 2.44 bits per heavy atom. The van der Waals surface area contributed by atoms with E-state index in [0.29, 0.717) is 5.75 Å². The van der Waals surface area contributed by atoms with Gasteiger partial charge in [0.25, 0.3) is 0 Å². The molecule has 0 fully saturated rings. The van der Waals surface area contributed by atoms with E-state index in [1.165, 1.54) is 7.05 Å². The molecule has 1 aromatic carbocycles. The normalized spacial score (nSPS) is 9.78. The molecule has 0 aliphatic carbocycles. The lowest BCUT2D eigenvalue weighted by Gasteiger charge is -2.14. The standard InChI is InChI=1S/C12H15FN2O2S/c1-8-5-9(2)7-11(6-8)17-10(3)14-18-15(4)12(13)16/h5-7,14H,3H2,1-2,4H3. The van der Waals surface area contributed by atoms with E-state index in [4.69, 9.17) is 4.74 Å². The molecule has 1 amide bonds. The van der Waals surface area contributed by atoms with Crippen LogP contribution in [0.2, 0.25) is 0 Å². The highest BCUT2D eigenvalue weighted by Crippen LogP contribution is 2.18. The lowest BCUT2D eigenvalue weighted by Crippen LogP contribution is -2.20. The molecule has 1 rings (SSSR count).